The molecule has 3 unspecified atom stereocenters. The maximum atomic E-state index is 11.7. The zero-order valence-electron chi connectivity index (χ0n) is 20.6. The molecule has 0 aromatic carbocycles. The van der Waals surface area contributed by atoms with E-state index in [-0.39, 0.29) is 65.0 Å². The zero-order chi connectivity index (χ0) is 24.3. The van der Waals surface area contributed by atoms with E-state index in [1.807, 2.05) is 0 Å². The van der Waals surface area contributed by atoms with Gasteiger partial charge in [-0.05, 0) is 97.2 Å². The molecule has 0 aromatic rings. The Morgan fingerprint density at radius 2 is 1.73 bits per heavy atom. The second kappa shape index (κ2) is 9.00. The molecule has 4 rings (SSSR count). The molecule has 4 saturated carbocycles. The van der Waals surface area contributed by atoms with E-state index in [0.29, 0.717) is 12.8 Å². The third-order valence-electron chi connectivity index (χ3n) is 11.1. The van der Waals surface area contributed by atoms with E-state index in [4.69, 9.17) is 4.55 Å². The Bertz CT molecular complexity index is 818. The summed E-state index contributed by atoms with van der Waals surface area (Å²) < 4.78 is 35.3. The fourth-order valence-electron chi connectivity index (χ4n) is 9.43. The first-order valence-corrected chi connectivity index (χ1v) is 14.4. The minimum Gasteiger partial charge on any atom is -0.393 e. The van der Waals surface area contributed by atoms with Crippen molar-refractivity contribution in [3.63, 3.8) is 0 Å². The summed E-state index contributed by atoms with van der Waals surface area (Å²) in [4.78, 5) is 0. The van der Waals surface area contributed by atoms with Gasteiger partial charge in [0, 0.05) is 0 Å². The summed E-state index contributed by atoms with van der Waals surface area (Å²) in [6.07, 6.45) is 5.28. The molecule has 0 amide bonds. The maximum Gasteiger partial charge on any atom is 0.397 e. The lowest BCUT2D eigenvalue weighted by atomic mass is 9.41. The largest absolute Gasteiger partial charge is 0.397 e. The Morgan fingerprint density at radius 1 is 1.03 bits per heavy atom. The van der Waals surface area contributed by atoms with Crippen molar-refractivity contribution in [3.05, 3.63) is 0 Å². The van der Waals surface area contributed by atoms with Crippen molar-refractivity contribution < 1.29 is 32.5 Å². The lowest BCUT2D eigenvalue weighted by Crippen LogP contribution is -2.65. The summed E-state index contributed by atoms with van der Waals surface area (Å²) in [7, 11) is -4.45. The Kier molecular flexibility index (Phi) is 7.05. The highest BCUT2D eigenvalue weighted by Crippen LogP contribution is 2.69. The molecule has 0 aliphatic heterocycles. The fourth-order valence-corrected chi connectivity index (χ4v) is 9.74. The number of hydrogen-bond acceptors (Lipinski definition) is 6. The summed E-state index contributed by atoms with van der Waals surface area (Å²) in [6, 6.07) is 0. The molecule has 0 spiro atoms. The summed E-state index contributed by atoms with van der Waals surface area (Å²) in [5, 5.41) is 33.8. The molecule has 33 heavy (non-hydrogen) atoms. The molecule has 4 fully saturated rings. The molecule has 192 valence electrons. The first-order chi connectivity index (χ1) is 15.3. The lowest BCUT2D eigenvalue weighted by molar-refractivity contribution is -0.228. The second-order valence-electron chi connectivity index (χ2n) is 12.2. The topological polar surface area (TPSA) is 124 Å². The van der Waals surface area contributed by atoms with Crippen LogP contribution in [0.4, 0.5) is 0 Å². The van der Waals surface area contributed by atoms with E-state index in [2.05, 4.69) is 31.9 Å². The molecular formula is C25H44O7S. The highest BCUT2D eigenvalue weighted by atomic mass is 32.3. The first kappa shape index (κ1) is 25.8. The van der Waals surface area contributed by atoms with Crippen molar-refractivity contribution in [2.75, 3.05) is 6.61 Å². The van der Waals surface area contributed by atoms with Gasteiger partial charge < -0.3 is 15.3 Å². The quantitative estimate of drug-likeness (QED) is 0.422. The molecule has 4 aliphatic carbocycles. The number of fused-ring (bicyclic) bond motifs is 5. The van der Waals surface area contributed by atoms with E-state index < -0.39 is 22.6 Å². The van der Waals surface area contributed by atoms with Crippen molar-refractivity contribution in [1.82, 2.24) is 0 Å². The van der Waals surface area contributed by atoms with Crippen molar-refractivity contribution in [3.8, 4) is 0 Å². The molecule has 0 saturated heterocycles. The minimum atomic E-state index is -4.45. The van der Waals surface area contributed by atoms with Gasteiger partial charge in [-0.1, -0.05) is 34.1 Å². The zero-order valence-corrected chi connectivity index (χ0v) is 21.4. The fraction of sp³-hybridized carbons (Fsp3) is 1.00. The molecule has 7 nitrogen and oxygen atoms in total. The third-order valence-corrected chi connectivity index (χ3v) is 11.5. The van der Waals surface area contributed by atoms with Crippen LogP contribution >= 0.6 is 0 Å². The van der Waals surface area contributed by atoms with Gasteiger partial charge >= 0.3 is 10.4 Å². The van der Waals surface area contributed by atoms with E-state index in [1.54, 1.807) is 0 Å². The first-order valence-electron chi connectivity index (χ1n) is 13.0. The summed E-state index contributed by atoms with van der Waals surface area (Å²) in [5.41, 5.74) is -0.311. The number of rotatable bonds is 6. The van der Waals surface area contributed by atoms with Crippen LogP contribution in [0.3, 0.4) is 0 Å². The van der Waals surface area contributed by atoms with E-state index in [1.165, 1.54) is 0 Å². The van der Waals surface area contributed by atoms with Crippen LogP contribution in [0.25, 0.3) is 0 Å². The predicted molar refractivity (Wildman–Crippen MR) is 124 cm³/mol. The van der Waals surface area contributed by atoms with E-state index in [0.717, 1.165) is 38.5 Å². The summed E-state index contributed by atoms with van der Waals surface area (Å²) in [5.74, 6) is 1.40. The smallest absolute Gasteiger partial charge is 0.393 e. The Balaban J connectivity index is 1.61. The molecular weight excluding hydrogens is 444 g/mol. The van der Waals surface area contributed by atoms with Crippen LogP contribution < -0.4 is 0 Å². The van der Waals surface area contributed by atoms with Gasteiger partial charge in [-0.3, -0.25) is 4.55 Å². The van der Waals surface area contributed by atoms with Crippen LogP contribution in [0.5, 0.6) is 0 Å². The Hall–Kier alpha value is -0.250. The maximum absolute atomic E-state index is 11.7. The predicted octanol–water partition coefficient (Wildman–Crippen LogP) is 3.43. The highest BCUT2D eigenvalue weighted by molar-refractivity contribution is 7.80. The van der Waals surface area contributed by atoms with Gasteiger partial charge in [0.15, 0.2) is 0 Å². The monoisotopic (exact) mass is 488 g/mol. The average molecular weight is 489 g/mol. The summed E-state index contributed by atoms with van der Waals surface area (Å²) in [6.45, 7) is 8.70. The van der Waals surface area contributed by atoms with Crippen LogP contribution in [0.15, 0.2) is 0 Å². The minimum absolute atomic E-state index is 0.0269. The van der Waals surface area contributed by atoms with Crippen LogP contribution in [0.2, 0.25) is 0 Å². The van der Waals surface area contributed by atoms with E-state index >= 15 is 0 Å². The van der Waals surface area contributed by atoms with Gasteiger partial charge in [0.2, 0.25) is 0 Å². The van der Waals surface area contributed by atoms with Crippen LogP contribution in [-0.2, 0) is 14.6 Å². The van der Waals surface area contributed by atoms with Gasteiger partial charge in [-0.2, -0.15) is 8.42 Å². The van der Waals surface area contributed by atoms with Gasteiger partial charge in [-0.15, -0.1) is 0 Å². The van der Waals surface area contributed by atoms with Gasteiger partial charge in [0.25, 0.3) is 0 Å². The standard InChI is InChI=1S/C25H44O7S/c1-5-16-19-12-15(26)8-10-24(19,3)20-13-21(27)25(4)17(6-7-18(25)22(20)23(16)28)14(2)9-11-32-33(29,30)31/h14-23,26-28H,5-13H2,1-4H3,(H,29,30,31)/t14-,15-,16-,17-,18?,19+,20?,21+,22?,23-,24+,25-/m1/s1. The van der Waals surface area contributed by atoms with Crippen LogP contribution in [0.1, 0.15) is 79.1 Å². The molecule has 0 radical (unpaired) electrons. The number of aliphatic hydroxyl groups is 3. The molecule has 0 bridgehead atoms. The molecule has 12 atom stereocenters. The highest BCUT2D eigenvalue weighted by Gasteiger charge is 2.67. The van der Waals surface area contributed by atoms with Crippen LogP contribution in [-0.4, -0.2) is 53.2 Å². The van der Waals surface area contributed by atoms with Crippen LogP contribution in [0, 0.1) is 52.3 Å². The molecule has 0 aromatic heterocycles. The number of hydrogen-bond donors (Lipinski definition) is 4. The van der Waals surface area contributed by atoms with Crippen molar-refractivity contribution in [1.29, 1.82) is 0 Å². The molecule has 4 aliphatic rings. The van der Waals surface area contributed by atoms with Crippen molar-refractivity contribution in [2.24, 2.45) is 52.3 Å². The molecule has 4 N–H and O–H groups in total. The van der Waals surface area contributed by atoms with Gasteiger partial charge in [0.1, 0.15) is 0 Å². The average Bonchev–Trinajstić information content (AvgIpc) is 3.08. The number of aliphatic hydroxyl groups excluding tert-OH is 3. The Morgan fingerprint density at radius 3 is 2.36 bits per heavy atom. The third kappa shape index (κ3) is 4.20. The van der Waals surface area contributed by atoms with Crippen molar-refractivity contribution in [2.45, 2.75) is 97.4 Å². The Labute approximate surface area is 199 Å². The SMILES string of the molecule is CC[C@H]1[C@@H](O)C2C3CC[C@H]([C@H](C)CCOS(=O)(=O)O)[C@@]3(C)[C@@H](O)CC2[C@@]2(C)CC[C@@H](O)C[C@@H]12. The molecule has 8 heteroatoms. The van der Waals surface area contributed by atoms with E-state index in [9.17, 15) is 23.7 Å². The normalized spacial score (nSPS) is 50.8. The second-order valence-corrected chi connectivity index (χ2v) is 13.3. The van der Waals surface area contributed by atoms with Gasteiger partial charge in [-0.25, -0.2) is 4.18 Å². The molecule has 0 heterocycles. The van der Waals surface area contributed by atoms with Gasteiger partial charge in [0.05, 0.1) is 24.9 Å². The van der Waals surface area contributed by atoms with Crippen molar-refractivity contribution >= 4 is 10.4 Å². The summed E-state index contributed by atoms with van der Waals surface area (Å²) >= 11 is 0. The lowest BCUT2D eigenvalue weighted by Gasteiger charge is -2.65.